The molecule has 2 rings (SSSR count). The topological polar surface area (TPSA) is 84.3 Å². The van der Waals surface area contributed by atoms with Crippen molar-refractivity contribution in [2.45, 2.75) is 31.8 Å². The standard InChI is InChI=1S/C12H15N3O3/c1-8(12(16)14-9-5-6-9)13-10-3-2-4-11(7-10)15(17)18/h2-4,7-9,13H,5-6H2,1H3,(H,14,16). The van der Waals surface area contributed by atoms with E-state index in [0.717, 1.165) is 12.8 Å². The smallest absolute Gasteiger partial charge is 0.271 e. The number of non-ortho nitro benzene ring substituents is 1. The number of amides is 1. The fourth-order valence-electron chi connectivity index (χ4n) is 1.58. The van der Waals surface area contributed by atoms with Gasteiger partial charge in [-0.25, -0.2) is 0 Å². The molecule has 6 heteroatoms. The van der Waals surface area contributed by atoms with Gasteiger partial charge in [-0.15, -0.1) is 0 Å². The molecule has 1 aromatic carbocycles. The minimum absolute atomic E-state index is 0.00908. The van der Waals surface area contributed by atoms with Gasteiger partial charge < -0.3 is 10.6 Å². The van der Waals surface area contributed by atoms with Gasteiger partial charge in [0.25, 0.3) is 5.69 Å². The number of carbonyl (C=O) groups excluding carboxylic acids is 1. The number of hydrogen-bond acceptors (Lipinski definition) is 4. The molecule has 0 spiro atoms. The zero-order chi connectivity index (χ0) is 13.1. The first kappa shape index (κ1) is 12.3. The van der Waals surface area contributed by atoms with E-state index in [1.165, 1.54) is 12.1 Å². The van der Waals surface area contributed by atoms with E-state index >= 15 is 0 Å². The fourth-order valence-corrected chi connectivity index (χ4v) is 1.58. The van der Waals surface area contributed by atoms with Crippen LogP contribution in [0.4, 0.5) is 11.4 Å². The highest BCUT2D eigenvalue weighted by atomic mass is 16.6. The van der Waals surface area contributed by atoms with Gasteiger partial charge in [-0.3, -0.25) is 14.9 Å². The van der Waals surface area contributed by atoms with Crippen LogP contribution >= 0.6 is 0 Å². The lowest BCUT2D eigenvalue weighted by Crippen LogP contribution is -2.38. The second kappa shape index (κ2) is 5.03. The van der Waals surface area contributed by atoms with Crippen LogP contribution in [0, 0.1) is 10.1 Å². The number of nitrogens with zero attached hydrogens (tertiary/aromatic N) is 1. The largest absolute Gasteiger partial charge is 0.374 e. The molecule has 96 valence electrons. The molecule has 6 nitrogen and oxygen atoms in total. The van der Waals surface area contributed by atoms with Crippen LogP contribution in [0.1, 0.15) is 19.8 Å². The normalized spacial score (nSPS) is 15.8. The first-order chi connectivity index (χ1) is 8.56. The Kier molecular flexibility index (Phi) is 3.45. The minimum atomic E-state index is -0.458. The van der Waals surface area contributed by atoms with Crippen LogP contribution in [-0.4, -0.2) is 22.9 Å². The molecule has 1 aliphatic rings. The van der Waals surface area contributed by atoms with E-state index in [1.54, 1.807) is 19.1 Å². The number of rotatable bonds is 5. The Hall–Kier alpha value is -2.11. The summed E-state index contributed by atoms with van der Waals surface area (Å²) in [5, 5.41) is 16.5. The van der Waals surface area contributed by atoms with Crippen LogP contribution < -0.4 is 10.6 Å². The summed E-state index contributed by atoms with van der Waals surface area (Å²) < 4.78 is 0. The molecule has 0 aliphatic heterocycles. The first-order valence-electron chi connectivity index (χ1n) is 5.87. The Morgan fingerprint density at radius 2 is 2.22 bits per heavy atom. The first-order valence-corrected chi connectivity index (χ1v) is 5.87. The van der Waals surface area contributed by atoms with Crippen molar-refractivity contribution in [2.75, 3.05) is 5.32 Å². The number of nitrogens with one attached hydrogen (secondary N) is 2. The van der Waals surface area contributed by atoms with Crippen LogP contribution in [0.25, 0.3) is 0 Å². The van der Waals surface area contributed by atoms with Crippen molar-refractivity contribution in [3.05, 3.63) is 34.4 Å². The van der Waals surface area contributed by atoms with Crippen molar-refractivity contribution in [1.82, 2.24) is 5.32 Å². The fraction of sp³-hybridized carbons (Fsp3) is 0.417. The molecule has 0 heterocycles. The van der Waals surface area contributed by atoms with E-state index in [4.69, 9.17) is 0 Å². The average Bonchev–Trinajstić information content (AvgIpc) is 3.13. The van der Waals surface area contributed by atoms with Crippen LogP contribution in [0.3, 0.4) is 0 Å². The Balaban J connectivity index is 1.96. The summed E-state index contributed by atoms with van der Waals surface area (Å²) in [5.74, 6) is -0.0796. The molecule has 1 unspecified atom stereocenters. The Labute approximate surface area is 105 Å². The maximum atomic E-state index is 11.7. The van der Waals surface area contributed by atoms with Gasteiger partial charge in [-0.05, 0) is 25.8 Å². The zero-order valence-electron chi connectivity index (χ0n) is 10.1. The van der Waals surface area contributed by atoms with E-state index in [2.05, 4.69) is 10.6 Å². The molecule has 1 atom stereocenters. The summed E-state index contributed by atoms with van der Waals surface area (Å²) in [6.07, 6.45) is 2.07. The average molecular weight is 249 g/mol. The number of nitro groups is 1. The maximum Gasteiger partial charge on any atom is 0.271 e. The van der Waals surface area contributed by atoms with E-state index in [1.807, 2.05) is 0 Å². The minimum Gasteiger partial charge on any atom is -0.374 e. The molecule has 2 N–H and O–H groups in total. The van der Waals surface area contributed by atoms with Crippen molar-refractivity contribution in [1.29, 1.82) is 0 Å². The lowest BCUT2D eigenvalue weighted by atomic mass is 10.2. The molecule has 1 fully saturated rings. The Bertz CT molecular complexity index is 471. The Morgan fingerprint density at radius 1 is 1.50 bits per heavy atom. The maximum absolute atomic E-state index is 11.7. The lowest BCUT2D eigenvalue weighted by molar-refractivity contribution is -0.384. The van der Waals surface area contributed by atoms with Gasteiger partial charge in [0, 0.05) is 23.9 Å². The van der Waals surface area contributed by atoms with Crippen molar-refractivity contribution in [3.63, 3.8) is 0 Å². The number of nitro benzene ring substituents is 1. The van der Waals surface area contributed by atoms with Gasteiger partial charge in [0.2, 0.25) is 5.91 Å². The molecule has 1 amide bonds. The zero-order valence-corrected chi connectivity index (χ0v) is 10.1. The number of hydrogen-bond donors (Lipinski definition) is 2. The van der Waals surface area contributed by atoms with Crippen LogP contribution in [0.15, 0.2) is 24.3 Å². The highest BCUT2D eigenvalue weighted by Gasteiger charge is 2.25. The van der Waals surface area contributed by atoms with Gasteiger partial charge in [0.15, 0.2) is 0 Å². The van der Waals surface area contributed by atoms with Gasteiger partial charge >= 0.3 is 0 Å². The molecule has 0 bridgehead atoms. The number of benzene rings is 1. The summed E-state index contributed by atoms with van der Waals surface area (Å²) >= 11 is 0. The lowest BCUT2D eigenvalue weighted by Gasteiger charge is -2.14. The van der Waals surface area contributed by atoms with Crippen molar-refractivity contribution in [2.24, 2.45) is 0 Å². The van der Waals surface area contributed by atoms with Gasteiger partial charge in [0.05, 0.1) is 4.92 Å². The third kappa shape index (κ3) is 3.19. The molecule has 0 saturated heterocycles. The van der Waals surface area contributed by atoms with Gasteiger partial charge in [0.1, 0.15) is 6.04 Å². The third-order valence-corrected chi connectivity index (χ3v) is 2.76. The molecule has 1 saturated carbocycles. The monoisotopic (exact) mass is 249 g/mol. The van der Waals surface area contributed by atoms with Crippen molar-refractivity contribution >= 4 is 17.3 Å². The van der Waals surface area contributed by atoms with Gasteiger partial charge in [-0.1, -0.05) is 6.07 Å². The molecule has 1 aromatic rings. The third-order valence-electron chi connectivity index (χ3n) is 2.76. The molecule has 0 radical (unpaired) electrons. The van der Waals surface area contributed by atoms with E-state index in [0.29, 0.717) is 11.7 Å². The van der Waals surface area contributed by atoms with Crippen molar-refractivity contribution in [3.8, 4) is 0 Å². The second-order valence-electron chi connectivity index (χ2n) is 4.46. The van der Waals surface area contributed by atoms with E-state index < -0.39 is 11.0 Å². The summed E-state index contributed by atoms with van der Waals surface area (Å²) in [6.45, 7) is 1.73. The van der Waals surface area contributed by atoms with Crippen LogP contribution in [0.2, 0.25) is 0 Å². The highest BCUT2D eigenvalue weighted by molar-refractivity contribution is 5.84. The van der Waals surface area contributed by atoms with Crippen LogP contribution in [-0.2, 0) is 4.79 Å². The molecule has 18 heavy (non-hydrogen) atoms. The number of carbonyl (C=O) groups is 1. The molecular formula is C12H15N3O3. The summed E-state index contributed by atoms with van der Waals surface area (Å²) in [5.41, 5.74) is 0.581. The molecule has 1 aliphatic carbocycles. The summed E-state index contributed by atoms with van der Waals surface area (Å²) in [4.78, 5) is 21.9. The second-order valence-corrected chi connectivity index (χ2v) is 4.46. The van der Waals surface area contributed by atoms with E-state index in [-0.39, 0.29) is 11.6 Å². The van der Waals surface area contributed by atoms with E-state index in [9.17, 15) is 14.9 Å². The summed E-state index contributed by atoms with van der Waals surface area (Å²) in [6, 6.07) is 6.03. The molecular weight excluding hydrogens is 234 g/mol. The summed E-state index contributed by atoms with van der Waals surface area (Å²) in [7, 11) is 0. The predicted molar refractivity (Wildman–Crippen MR) is 67.3 cm³/mol. The predicted octanol–water partition coefficient (Wildman–Crippen LogP) is 1.67. The highest BCUT2D eigenvalue weighted by Crippen LogP contribution is 2.20. The quantitative estimate of drug-likeness (QED) is 0.614. The van der Waals surface area contributed by atoms with Gasteiger partial charge in [-0.2, -0.15) is 0 Å². The van der Waals surface area contributed by atoms with Crippen molar-refractivity contribution < 1.29 is 9.72 Å². The molecule has 0 aromatic heterocycles. The number of anilines is 1. The van der Waals surface area contributed by atoms with Crippen LogP contribution in [0.5, 0.6) is 0 Å². The Morgan fingerprint density at radius 3 is 2.83 bits per heavy atom. The SMILES string of the molecule is CC(Nc1cccc([N+](=O)[O-])c1)C(=O)NC1CC1.